The van der Waals surface area contributed by atoms with Crippen LogP contribution < -0.4 is 0 Å². The van der Waals surface area contributed by atoms with Crippen LogP contribution >= 0.6 is 23.5 Å². The topological polar surface area (TPSA) is 52.5 Å². The van der Waals surface area contributed by atoms with E-state index < -0.39 is 0 Å². The second kappa shape index (κ2) is 5.30. The Hall–Kier alpha value is -1.38. The number of H-pyrrole nitrogens is 1. The lowest BCUT2D eigenvalue weighted by Crippen LogP contribution is -1.87. The Morgan fingerprint density at radius 3 is 2.59 bits per heavy atom. The van der Waals surface area contributed by atoms with Crippen LogP contribution in [0.3, 0.4) is 0 Å². The van der Waals surface area contributed by atoms with Crippen molar-refractivity contribution in [3.63, 3.8) is 0 Å². The third kappa shape index (κ3) is 2.33. The normalized spacial score (nSPS) is 10.2. The molecule has 2 aromatic rings. The molecular formula is C12H11N3S2. The summed E-state index contributed by atoms with van der Waals surface area (Å²) >= 11 is 3.13. The minimum Gasteiger partial charge on any atom is -0.337 e. The number of hydrogen-bond acceptors (Lipinski definition) is 4. The van der Waals surface area contributed by atoms with Crippen LogP contribution in [0.2, 0.25) is 0 Å². The summed E-state index contributed by atoms with van der Waals surface area (Å²) in [4.78, 5) is 7.62. The first kappa shape index (κ1) is 12.1. The lowest BCUT2D eigenvalue weighted by Gasteiger charge is -2.01. The van der Waals surface area contributed by atoms with Gasteiger partial charge >= 0.3 is 0 Å². The SMILES string of the molecule is CSC(SC)=C(C#N)c1nc2ccccc2[nH]1. The van der Waals surface area contributed by atoms with Gasteiger partial charge in [-0.1, -0.05) is 12.1 Å². The molecule has 0 unspecified atom stereocenters. The van der Waals surface area contributed by atoms with Crippen molar-refractivity contribution in [2.45, 2.75) is 0 Å². The molecule has 0 saturated carbocycles. The highest BCUT2D eigenvalue weighted by Gasteiger charge is 2.12. The molecular weight excluding hydrogens is 250 g/mol. The van der Waals surface area contributed by atoms with Crippen molar-refractivity contribution in [1.82, 2.24) is 9.97 Å². The number of imidazole rings is 1. The highest BCUT2D eigenvalue weighted by Crippen LogP contribution is 2.32. The number of nitrogens with one attached hydrogen (secondary N) is 1. The fourth-order valence-corrected chi connectivity index (χ4v) is 2.91. The summed E-state index contributed by atoms with van der Waals surface area (Å²) in [5.74, 6) is 0.646. The van der Waals surface area contributed by atoms with Gasteiger partial charge in [-0.2, -0.15) is 5.26 Å². The molecule has 0 bridgehead atoms. The molecule has 3 nitrogen and oxygen atoms in total. The van der Waals surface area contributed by atoms with Gasteiger partial charge in [0.1, 0.15) is 11.6 Å². The second-order valence-corrected chi connectivity index (χ2v) is 5.18. The molecule has 1 aromatic carbocycles. The van der Waals surface area contributed by atoms with Gasteiger partial charge in [-0.05, 0) is 24.6 Å². The fraction of sp³-hybridized carbons (Fsp3) is 0.167. The quantitative estimate of drug-likeness (QED) is 0.859. The summed E-state index contributed by atoms with van der Waals surface area (Å²) in [6.45, 7) is 0. The Bertz CT molecular complexity index is 568. The number of allylic oxidation sites excluding steroid dienone is 1. The smallest absolute Gasteiger partial charge is 0.150 e. The van der Waals surface area contributed by atoms with E-state index in [0.717, 1.165) is 15.3 Å². The van der Waals surface area contributed by atoms with Crippen LogP contribution in [0, 0.1) is 11.3 Å². The summed E-state index contributed by atoms with van der Waals surface area (Å²) in [5, 5.41) is 9.24. The molecule has 0 spiro atoms. The van der Waals surface area contributed by atoms with E-state index in [4.69, 9.17) is 0 Å². The van der Waals surface area contributed by atoms with Crippen molar-refractivity contribution >= 4 is 40.1 Å². The number of para-hydroxylation sites is 2. The number of rotatable bonds is 3. The summed E-state index contributed by atoms with van der Waals surface area (Å²) in [6.07, 6.45) is 3.93. The fourth-order valence-electron chi connectivity index (χ4n) is 1.55. The number of hydrogen-bond donors (Lipinski definition) is 1. The molecule has 0 aliphatic rings. The number of nitrogens with zero attached hydrogens (tertiary/aromatic N) is 2. The lowest BCUT2D eigenvalue weighted by molar-refractivity contribution is 1.27. The van der Waals surface area contributed by atoms with Crippen LogP contribution in [0.1, 0.15) is 5.82 Å². The zero-order valence-corrected chi connectivity index (χ0v) is 11.2. The number of benzene rings is 1. The Morgan fingerprint density at radius 1 is 1.29 bits per heavy atom. The monoisotopic (exact) mass is 261 g/mol. The maximum atomic E-state index is 9.24. The van der Waals surface area contributed by atoms with Crippen LogP contribution in [0.25, 0.3) is 16.6 Å². The first-order valence-corrected chi connectivity index (χ1v) is 7.42. The number of fused-ring (bicyclic) bond motifs is 1. The number of aromatic amines is 1. The van der Waals surface area contributed by atoms with E-state index >= 15 is 0 Å². The van der Waals surface area contributed by atoms with Crippen molar-refractivity contribution in [2.75, 3.05) is 12.5 Å². The Morgan fingerprint density at radius 2 is 2.00 bits per heavy atom. The standard InChI is InChI=1S/C12H11N3S2/c1-16-12(17-2)8(7-13)11-14-9-5-3-4-6-10(9)15-11/h3-6H,1-2H3,(H,14,15). The number of nitriles is 1. The van der Waals surface area contributed by atoms with Gasteiger partial charge in [0.2, 0.25) is 0 Å². The molecule has 2 rings (SSSR count). The van der Waals surface area contributed by atoms with Crippen LogP contribution in [-0.2, 0) is 0 Å². The second-order valence-electron chi connectivity index (χ2n) is 3.29. The maximum absolute atomic E-state index is 9.24. The van der Waals surface area contributed by atoms with Gasteiger partial charge < -0.3 is 4.98 Å². The molecule has 0 fully saturated rings. The highest BCUT2D eigenvalue weighted by atomic mass is 32.2. The molecule has 0 radical (unpaired) electrons. The van der Waals surface area contributed by atoms with Crippen molar-refractivity contribution in [3.05, 3.63) is 34.3 Å². The molecule has 1 heterocycles. The number of aromatic nitrogens is 2. The molecule has 0 atom stereocenters. The van der Waals surface area contributed by atoms with E-state index in [9.17, 15) is 5.26 Å². The van der Waals surface area contributed by atoms with E-state index in [-0.39, 0.29) is 0 Å². The van der Waals surface area contributed by atoms with E-state index in [0.29, 0.717) is 11.4 Å². The van der Waals surface area contributed by atoms with Gasteiger partial charge in [0.25, 0.3) is 0 Å². The van der Waals surface area contributed by atoms with Gasteiger partial charge in [0.15, 0.2) is 5.82 Å². The summed E-state index contributed by atoms with van der Waals surface area (Å²) in [6, 6.07) is 10.0. The Kier molecular flexibility index (Phi) is 3.77. The van der Waals surface area contributed by atoms with Gasteiger partial charge in [0, 0.05) is 0 Å². The van der Waals surface area contributed by atoms with Crippen molar-refractivity contribution < 1.29 is 0 Å². The van der Waals surface area contributed by atoms with E-state index in [1.807, 2.05) is 36.8 Å². The average molecular weight is 261 g/mol. The zero-order chi connectivity index (χ0) is 12.3. The zero-order valence-electron chi connectivity index (χ0n) is 9.52. The Balaban J connectivity index is 2.59. The highest BCUT2D eigenvalue weighted by molar-refractivity contribution is 8.21. The maximum Gasteiger partial charge on any atom is 0.150 e. The molecule has 0 saturated heterocycles. The predicted molar refractivity (Wildman–Crippen MR) is 75.7 cm³/mol. The summed E-state index contributed by atoms with van der Waals surface area (Å²) in [5.41, 5.74) is 2.45. The van der Waals surface area contributed by atoms with E-state index in [2.05, 4.69) is 16.0 Å². The lowest BCUT2D eigenvalue weighted by atomic mass is 10.3. The molecule has 1 N–H and O–H groups in total. The van der Waals surface area contributed by atoms with Crippen LogP contribution in [-0.4, -0.2) is 22.5 Å². The third-order valence-corrected chi connectivity index (χ3v) is 4.46. The number of thioether (sulfide) groups is 2. The van der Waals surface area contributed by atoms with Crippen LogP contribution in [0.4, 0.5) is 0 Å². The molecule has 17 heavy (non-hydrogen) atoms. The van der Waals surface area contributed by atoms with Crippen LogP contribution in [0.15, 0.2) is 28.5 Å². The van der Waals surface area contributed by atoms with Gasteiger partial charge in [0.05, 0.1) is 15.3 Å². The first-order valence-electron chi connectivity index (χ1n) is 4.97. The molecule has 1 aromatic heterocycles. The average Bonchev–Trinajstić information content (AvgIpc) is 2.78. The Labute approximate surface area is 108 Å². The van der Waals surface area contributed by atoms with Gasteiger partial charge in [-0.15, -0.1) is 23.5 Å². The molecule has 0 aliphatic heterocycles. The molecule has 5 heteroatoms. The molecule has 0 aliphatic carbocycles. The van der Waals surface area contributed by atoms with Gasteiger partial charge in [-0.3, -0.25) is 0 Å². The largest absolute Gasteiger partial charge is 0.337 e. The minimum atomic E-state index is 0.612. The third-order valence-electron chi connectivity index (χ3n) is 2.31. The van der Waals surface area contributed by atoms with Crippen LogP contribution in [0.5, 0.6) is 0 Å². The summed E-state index contributed by atoms with van der Waals surface area (Å²) in [7, 11) is 0. The molecule has 86 valence electrons. The van der Waals surface area contributed by atoms with Gasteiger partial charge in [-0.25, -0.2) is 4.98 Å². The first-order chi connectivity index (χ1) is 8.30. The molecule has 0 amide bonds. The van der Waals surface area contributed by atoms with E-state index in [1.54, 1.807) is 23.5 Å². The van der Waals surface area contributed by atoms with Crippen molar-refractivity contribution in [3.8, 4) is 6.07 Å². The van der Waals surface area contributed by atoms with Crippen molar-refractivity contribution in [1.29, 1.82) is 5.26 Å². The predicted octanol–water partition coefficient (Wildman–Crippen LogP) is 3.48. The minimum absolute atomic E-state index is 0.612. The summed E-state index contributed by atoms with van der Waals surface area (Å²) < 4.78 is 0.978. The van der Waals surface area contributed by atoms with Crippen molar-refractivity contribution in [2.24, 2.45) is 0 Å². The van der Waals surface area contributed by atoms with E-state index in [1.165, 1.54) is 0 Å².